The van der Waals surface area contributed by atoms with Gasteiger partial charge in [-0.25, -0.2) is 0 Å². The first kappa shape index (κ1) is 14.4. The van der Waals surface area contributed by atoms with Crippen molar-refractivity contribution in [2.24, 2.45) is 9.98 Å². The van der Waals surface area contributed by atoms with E-state index in [9.17, 15) is 0 Å². The lowest BCUT2D eigenvalue weighted by atomic mass is 9.80. The van der Waals surface area contributed by atoms with E-state index in [-0.39, 0.29) is 6.04 Å². The monoisotopic (exact) mass is 266 g/mol. The molecule has 0 fully saturated rings. The molecule has 0 radical (unpaired) electrons. The van der Waals surface area contributed by atoms with Gasteiger partial charge in [-0.15, -0.1) is 0 Å². The van der Waals surface area contributed by atoms with Crippen molar-refractivity contribution in [2.45, 2.75) is 38.1 Å². The molecule has 0 aliphatic carbocycles. The van der Waals surface area contributed by atoms with Gasteiger partial charge in [0.15, 0.2) is 0 Å². The molecule has 0 spiro atoms. The van der Waals surface area contributed by atoms with Crippen molar-refractivity contribution < 1.29 is 0 Å². The van der Waals surface area contributed by atoms with Crippen LogP contribution in [-0.2, 0) is 0 Å². The maximum absolute atomic E-state index is 4.88. The van der Waals surface area contributed by atoms with Crippen LogP contribution < -0.4 is 0 Å². The largest absolute Gasteiger partial charge is 0.280 e. The van der Waals surface area contributed by atoms with Crippen LogP contribution in [0.5, 0.6) is 0 Å². The molecule has 0 saturated carbocycles. The molecule has 2 heteroatoms. The summed E-state index contributed by atoms with van der Waals surface area (Å²) in [4.78, 5) is 8.82. The van der Waals surface area contributed by atoms with Crippen molar-refractivity contribution >= 4 is 12.4 Å². The van der Waals surface area contributed by atoms with E-state index in [1.165, 1.54) is 11.1 Å². The highest BCUT2D eigenvalue weighted by molar-refractivity contribution is 6.10. The molecule has 20 heavy (non-hydrogen) atoms. The van der Waals surface area contributed by atoms with Crippen LogP contribution in [0.2, 0.25) is 0 Å². The fourth-order valence-electron chi connectivity index (χ4n) is 2.91. The lowest BCUT2D eigenvalue weighted by Crippen LogP contribution is -2.26. The fraction of sp³-hybridized carbons (Fsp3) is 0.333. The van der Waals surface area contributed by atoms with Crippen molar-refractivity contribution in [3.05, 3.63) is 60.3 Å². The van der Waals surface area contributed by atoms with E-state index in [0.29, 0.717) is 5.92 Å². The first-order chi connectivity index (χ1) is 9.71. The van der Waals surface area contributed by atoms with Gasteiger partial charge in [0.1, 0.15) is 0 Å². The van der Waals surface area contributed by atoms with E-state index in [0.717, 1.165) is 30.7 Å². The highest BCUT2D eigenvalue weighted by Gasteiger charge is 2.29. The average Bonchev–Trinajstić information content (AvgIpc) is 2.49. The molecule has 2 atom stereocenters. The normalized spacial score (nSPS) is 20.8. The Kier molecular flexibility index (Phi) is 4.67. The molecule has 1 aliphatic rings. The Balaban J connectivity index is 2.44. The second-order valence-electron chi connectivity index (χ2n) is 5.20. The van der Waals surface area contributed by atoms with Crippen LogP contribution in [-0.4, -0.2) is 18.5 Å². The van der Waals surface area contributed by atoms with Crippen molar-refractivity contribution in [3.63, 3.8) is 0 Å². The first-order valence-electron chi connectivity index (χ1n) is 7.15. The number of aliphatic imine (C=N–C) groups is 2. The summed E-state index contributed by atoms with van der Waals surface area (Å²) < 4.78 is 0. The topological polar surface area (TPSA) is 24.7 Å². The Bertz CT molecular complexity index is 554. The van der Waals surface area contributed by atoms with E-state index in [2.05, 4.69) is 56.1 Å². The van der Waals surface area contributed by atoms with Crippen LogP contribution in [0.1, 0.15) is 43.2 Å². The molecule has 0 amide bonds. The highest BCUT2D eigenvalue weighted by Crippen LogP contribution is 2.36. The summed E-state index contributed by atoms with van der Waals surface area (Å²) in [5.41, 5.74) is 4.38. The minimum Gasteiger partial charge on any atom is -0.280 e. The molecular formula is C18H22N2. The van der Waals surface area contributed by atoms with Gasteiger partial charge in [0.2, 0.25) is 0 Å². The number of nitrogens with zero attached hydrogens (tertiary/aromatic N) is 2. The molecule has 2 rings (SSSR count). The number of fused-ring (bicyclic) bond motifs is 1. The van der Waals surface area contributed by atoms with E-state index in [1.54, 1.807) is 0 Å². The molecule has 0 saturated heterocycles. The van der Waals surface area contributed by atoms with Gasteiger partial charge in [-0.1, -0.05) is 50.8 Å². The molecular weight excluding hydrogens is 244 g/mol. The minimum absolute atomic E-state index is 0.191. The van der Waals surface area contributed by atoms with Gasteiger partial charge < -0.3 is 0 Å². The Labute approximate surface area is 121 Å². The molecule has 1 aromatic carbocycles. The van der Waals surface area contributed by atoms with Crippen LogP contribution >= 0.6 is 0 Å². The van der Waals surface area contributed by atoms with Crippen LogP contribution in [0.3, 0.4) is 0 Å². The van der Waals surface area contributed by atoms with Crippen LogP contribution in [0.15, 0.2) is 59.2 Å². The summed E-state index contributed by atoms with van der Waals surface area (Å²) in [6, 6.07) is 8.70. The van der Waals surface area contributed by atoms with Crippen molar-refractivity contribution in [3.8, 4) is 0 Å². The highest BCUT2D eigenvalue weighted by atomic mass is 14.8. The summed E-state index contributed by atoms with van der Waals surface area (Å²) in [7, 11) is 0. The first-order valence-corrected chi connectivity index (χ1v) is 7.15. The fourth-order valence-corrected chi connectivity index (χ4v) is 2.91. The number of hydrogen-bond donors (Lipinski definition) is 0. The zero-order valence-corrected chi connectivity index (χ0v) is 12.2. The number of rotatable bonds is 6. The van der Waals surface area contributed by atoms with Crippen LogP contribution in [0, 0.1) is 0 Å². The van der Waals surface area contributed by atoms with Crippen molar-refractivity contribution in [2.75, 3.05) is 0 Å². The Morgan fingerprint density at radius 3 is 2.80 bits per heavy atom. The molecule has 2 nitrogen and oxygen atoms in total. The zero-order valence-electron chi connectivity index (χ0n) is 12.2. The van der Waals surface area contributed by atoms with Gasteiger partial charge >= 0.3 is 0 Å². The quantitative estimate of drug-likeness (QED) is 0.676. The molecule has 1 heterocycles. The van der Waals surface area contributed by atoms with E-state index >= 15 is 0 Å². The minimum atomic E-state index is 0.191. The summed E-state index contributed by atoms with van der Waals surface area (Å²) in [5.74, 6) is 0.429. The molecule has 1 aromatic rings. The maximum Gasteiger partial charge on any atom is 0.0647 e. The molecule has 0 N–H and O–H groups in total. The molecule has 2 unspecified atom stereocenters. The molecule has 0 aromatic heterocycles. The SMILES string of the molecule is C=CC1=NC(CC(=C)N=C)C(CCC)c2ccccc21. The summed E-state index contributed by atoms with van der Waals surface area (Å²) in [6.45, 7) is 13.6. The number of allylic oxidation sites excluding steroid dienone is 1. The average molecular weight is 266 g/mol. The van der Waals surface area contributed by atoms with E-state index < -0.39 is 0 Å². The Hall–Kier alpha value is -1.96. The third-order valence-corrected chi connectivity index (χ3v) is 3.87. The summed E-state index contributed by atoms with van der Waals surface area (Å²) in [5, 5.41) is 0. The van der Waals surface area contributed by atoms with Gasteiger partial charge in [-0.2, -0.15) is 0 Å². The van der Waals surface area contributed by atoms with Crippen molar-refractivity contribution in [1.82, 2.24) is 0 Å². The molecule has 104 valence electrons. The summed E-state index contributed by atoms with van der Waals surface area (Å²) >= 11 is 0. The smallest absolute Gasteiger partial charge is 0.0647 e. The van der Waals surface area contributed by atoms with Gasteiger partial charge in [-0.05, 0) is 24.8 Å². The lowest BCUT2D eigenvalue weighted by Gasteiger charge is -2.31. The molecule has 0 bridgehead atoms. The van der Waals surface area contributed by atoms with Crippen LogP contribution in [0.25, 0.3) is 0 Å². The van der Waals surface area contributed by atoms with Gasteiger partial charge in [0.25, 0.3) is 0 Å². The van der Waals surface area contributed by atoms with E-state index in [1.807, 2.05) is 6.08 Å². The second-order valence-corrected chi connectivity index (χ2v) is 5.20. The second kappa shape index (κ2) is 6.47. The predicted octanol–water partition coefficient (Wildman–Crippen LogP) is 4.53. The lowest BCUT2D eigenvalue weighted by molar-refractivity contribution is 0.486. The number of hydrogen-bond acceptors (Lipinski definition) is 2. The number of benzene rings is 1. The Morgan fingerprint density at radius 1 is 1.40 bits per heavy atom. The van der Waals surface area contributed by atoms with E-state index in [4.69, 9.17) is 4.99 Å². The van der Waals surface area contributed by atoms with Crippen molar-refractivity contribution in [1.29, 1.82) is 0 Å². The summed E-state index contributed by atoms with van der Waals surface area (Å²) in [6.07, 6.45) is 4.88. The van der Waals surface area contributed by atoms with Gasteiger partial charge in [0, 0.05) is 23.6 Å². The van der Waals surface area contributed by atoms with Gasteiger partial charge in [0.05, 0.1) is 11.8 Å². The molecule has 1 aliphatic heterocycles. The van der Waals surface area contributed by atoms with Gasteiger partial charge in [-0.3, -0.25) is 9.98 Å². The van der Waals surface area contributed by atoms with Crippen LogP contribution in [0.4, 0.5) is 0 Å². The third-order valence-electron chi connectivity index (χ3n) is 3.87. The third kappa shape index (κ3) is 2.79. The zero-order chi connectivity index (χ0) is 14.5. The Morgan fingerprint density at radius 2 is 2.15 bits per heavy atom. The standard InChI is InChI=1S/C18H22N2/c1-5-9-15-14-10-7-8-11-16(14)17(6-2)20-18(15)12-13(3)19-4/h6-8,10-11,15,18H,2-5,9,12H2,1H3. The predicted molar refractivity (Wildman–Crippen MR) is 87.9 cm³/mol. The maximum atomic E-state index is 4.88.